The normalized spacial score (nSPS) is 37.2. The van der Waals surface area contributed by atoms with Crippen LogP contribution in [0.3, 0.4) is 0 Å². The summed E-state index contributed by atoms with van der Waals surface area (Å²) < 4.78 is 21.2. The Morgan fingerprint density at radius 3 is 2.65 bits per heavy atom. The van der Waals surface area contributed by atoms with E-state index in [4.69, 9.17) is 4.74 Å². The number of hydrogen-bond donors (Lipinski definition) is 1. The van der Waals surface area contributed by atoms with Crippen LogP contribution in [-0.2, 0) is 4.74 Å². The largest absolute Gasteiger partial charge is 0.377 e. The standard InChI is InChI=1S/C27H47FN2O/c1-2-30-19-23(14-16-29-15-13-21-9-5-3-6-10-21)27-25(30)17-24(28)18-26(27)31-20-22-11-7-4-8-12-22/h5,9,21-27,29H,2-4,6-8,10-20H2,1H3. The molecule has 2 saturated carbocycles. The van der Waals surface area contributed by atoms with Crippen molar-refractivity contribution in [2.75, 3.05) is 32.8 Å². The summed E-state index contributed by atoms with van der Waals surface area (Å²) in [6, 6.07) is 0.391. The molecule has 0 amide bonds. The van der Waals surface area contributed by atoms with Gasteiger partial charge in [0.25, 0.3) is 0 Å². The van der Waals surface area contributed by atoms with Gasteiger partial charge in [-0.1, -0.05) is 38.3 Å². The van der Waals surface area contributed by atoms with Crippen LogP contribution in [0.5, 0.6) is 0 Å². The van der Waals surface area contributed by atoms with Crippen LogP contribution in [0.4, 0.5) is 4.39 Å². The molecule has 4 aliphatic rings. The molecule has 1 aliphatic heterocycles. The highest BCUT2D eigenvalue weighted by Crippen LogP contribution is 2.43. The number of likely N-dealkylation sites (tertiary alicyclic amines) is 1. The van der Waals surface area contributed by atoms with Crippen LogP contribution in [0.1, 0.15) is 84.0 Å². The Kier molecular flexibility index (Phi) is 9.28. The van der Waals surface area contributed by atoms with Crippen LogP contribution >= 0.6 is 0 Å². The lowest BCUT2D eigenvalue weighted by molar-refractivity contribution is -0.0700. The van der Waals surface area contributed by atoms with Crippen molar-refractivity contribution in [3.8, 4) is 0 Å². The zero-order chi connectivity index (χ0) is 21.5. The first kappa shape index (κ1) is 23.7. The van der Waals surface area contributed by atoms with Gasteiger partial charge in [0.2, 0.25) is 0 Å². The van der Waals surface area contributed by atoms with Gasteiger partial charge in [-0.15, -0.1) is 0 Å². The lowest BCUT2D eigenvalue weighted by atomic mass is 9.75. The predicted octanol–water partition coefficient (Wildman–Crippen LogP) is 5.75. The number of rotatable bonds is 10. The molecule has 6 atom stereocenters. The molecule has 0 bridgehead atoms. The zero-order valence-corrected chi connectivity index (χ0v) is 20.0. The van der Waals surface area contributed by atoms with E-state index >= 15 is 0 Å². The van der Waals surface area contributed by atoms with Crippen LogP contribution in [0.2, 0.25) is 0 Å². The molecule has 4 heteroatoms. The minimum absolute atomic E-state index is 0.129. The number of ether oxygens (including phenoxy) is 1. The second-order valence-corrected chi connectivity index (χ2v) is 10.9. The Labute approximate surface area is 190 Å². The molecule has 0 aromatic carbocycles. The summed E-state index contributed by atoms with van der Waals surface area (Å²) in [5.41, 5.74) is 0. The van der Waals surface area contributed by atoms with E-state index < -0.39 is 6.17 Å². The third-order valence-electron chi connectivity index (χ3n) is 8.76. The van der Waals surface area contributed by atoms with Gasteiger partial charge in [-0.3, -0.25) is 4.90 Å². The van der Waals surface area contributed by atoms with Crippen LogP contribution in [0.15, 0.2) is 12.2 Å². The van der Waals surface area contributed by atoms with Crippen molar-refractivity contribution in [1.82, 2.24) is 10.2 Å². The Morgan fingerprint density at radius 2 is 1.87 bits per heavy atom. The Morgan fingerprint density at radius 1 is 1.03 bits per heavy atom. The van der Waals surface area contributed by atoms with Gasteiger partial charge in [-0.2, -0.15) is 0 Å². The molecule has 1 heterocycles. The molecule has 0 radical (unpaired) electrons. The summed E-state index contributed by atoms with van der Waals surface area (Å²) in [7, 11) is 0. The first-order valence-corrected chi connectivity index (χ1v) is 13.6. The summed E-state index contributed by atoms with van der Waals surface area (Å²) in [4.78, 5) is 2.56. The van der Waals surface area contributed by atoms with Gasteiger partial charge >= 0.3 is 0 Å². The summed E-state index contributed by atoms with van der Waals surface area (Å²) in [6.07, 6.45) is 18.8. The minimum atomic E-state index is -0.688. The molecule has 6 unspecified atom stereocenters. The van der Waals surface area contributed by atoms with Gasteiger partial charge in [-0.05, 0) is 88.8 Å². The highest BCUT2D eigenvalue weighted by molar-refractivity contribution is 5.01. The van der Waals surface area contributed by atoms with Gasteiger partial charge in [0.1, 0.15) is 6.17 Å². The lowest BCUT2D eigenvalue weighted by Gasteiger charge is -2.40. The number of allylic oxidation sites excluding steroid dienone is 2. The molecule has 0 aromatic heterocycles. The van der Waals surface area contributed by atoms with E-state index in [1.165, 1.54) is 64.2 Å². The van der Waals surface area contributed by atoms with Gasteiger partial charge in [0.05, 0.1) is 6.10 Å². The molecule has 1 N–H and O–H groups in total. The van der Waals surface area contributed by atoms with Crippen molar-refractivity contribution in [3.63, 3.8) is 0 Å². The van der Waals surface area contributed by atoms with Gasteiger partial charge < -0.3 is 10.1 Å². The molecule has 1 saturated heterocycles. The Bertz CT molecular complexity index is 549. The van der Waals surface area contributed by atoms with Crippen molar-refractivity contribution < 1.29 is 9.13 Å². The SMILES string of the molecule is CCN1CC(CCNCCC2C=CCCC2)C2C(OCC3CCCCC3)CC(F)CC21. The quantitative estimate of drug-likeness (QED) is 0.350. The fourth-order valence-electron chi connectivity index (χ4n) is 7.00. The number of nitrogens with one attached hydrogen (secondary N) is 1. The van der Waals surface area contributed by atoms with Gasteiger partial charge in [0.15, 0.2) is 0 Å². The van der Waals surface area contributed by atoms with Crippen molar-refractivity contribution >= 4 is 0 Å². The van der Waals surface area contributed by atoms with Crippen LogP contribution in [-0.4, -0.2) is 56.0 Å². The van der Waals surface area contributed by atoms with E-state index in [1.54, 1.807) is 0 Å². The molecule has 3 aliphatic carbocycles. The van der Waals surface area contributed by atoms with Gasteiger partial charge in [-0.25, -0.2) is 4.39 Å². The second-order valence-electron chi connectivity index (χ2n) is 10.9. The monoisotopic (exact) mass is 434 g/mol. The van der Waals surface area contributed by atoms with Crippen molar-refractivity contribution in [1.29, 1.82) is 0 Å². The zero-order valence-electron chi connectivity index (χ0n) is 20.0. The highest BCUT2D eigenvalue weighted by Gasteiger charge is 2.49. The topological polar surface area (TPSA) is 24.5 Å². The number of alkyl halides is 1. The van der Waals surface area contributed by atoms with Crippen LogP contribution < -0.4 is 5.32 Å². The van der Waals surface area contributed by atoms with Crippen LogP contribution in [0.25, 0.3) is 0 Å². The third-order valence-corrected chi connectivity index (χ3v) is 8.76. The molecule has 4 rings (SSSR count). The third kappa shape index (κ3) is 6.54. The number of halogens is 1. The van der Waals surface area contributed by atoms with Crippen molar-refractivity contribution in [2.45, 2.75) is 102 Å². The first-order valence-electron chi connectivity index (χ1n) is 13.6. The van der Waals surface area contributed by atoms with E-state index in [-0.39, 0.29) is 6.10 Å². The average molecular weight is 435 g/mol. The number of nitrogens with zero attached hydrogens (tertiary/aromatic N) is 1. The van der Waals surface area contributed by atoms with Crippen molar-refractivity contribution in [3.05, 3.63) is 12.2 Å². The second kappa shape index (κ2) is 12.1. The predicted molar refractivity (Wildman–Crippen MR) is 127 cm³/mol. The fourth-order valence-corrected chi connectivity index (χ4v) is 7.00. The smallest absolute Gasteiger partial charge is 0.104 e. The molecular formula is C27H47FN2O. The molecular weight excluding hydrogens is 387 g/mol. The van der Waals surface area contributed by atoms with Gasteiger partial charge in [0, 0.05) is 31.5 Å². The van der Waals surface area contributed by atoms with Crippen LogP contribution in [0, 0.1) is 23.7 Å². The lowest BCUT2D eigenvalue weighted by Crippen LogP contribution is -2.47. The van der Waals surface area contributed by atoms with E-state index in [1.807, 2.05) is 0 Å². The summed E-state index contributed by atoms with van der Waals surface area (Å²) >= 11 is 0. The minimum Gasteiger partial charge on any atom is -0.377 e. The maximum Gasteiger partial charge on any atom is 0.104 e. The molecule has 0 spiro atoms. The maximum atomic E-state index is 14.7. The Hall–Kier alpha value is -0.450. The molecule has 3 fully saturated rings. The highest BCUT2D eigenvalue weighted by atomic mass is 19.1. The molecule has 31 heavy (non-hydrogen) atoms. The average Bonchev–Trinajstić information content (AvgIpc) is 3.16. The number of fused-ring (bicyclic) bond motifs is 1. The Balaban J connectivity index is 1.27. The summed E-state index contributed by atoms with van der Waals surface area (Å²) in [5.74, 6) is 2.67. The van der Waals surface area contributed by atoms with E-state index in [0.717, 1.165) is 45.1 Å². The van der Waals surface area contributed by atoms with E-state index in [0.29, 0.717) is 30.2 Å². The molecule has 3 nitrogen and oxygen atoms in total. The summed E-state index contributed by atoms with van der Waals surface area (Å²) in [6.45, 7) is 7.51. The fraction of sp³-hybridized carbons (Fsp3) is 0.926. The maximum absolute atomic E-state index is 14.7. The summed E-state index contributed by atoms with van der Waals surface area (Å²) in [5, 5.41) is 3.73. The van der Waals surface area contributed by atoms with E-state index in [2.05, 4.69) is 29.3 Å². The molecule has 178 valence electrons. The van der Waals surface area contributed by atoms with E-state index in [9.17, 15) is 4.39 Å². The molecule has 0 aromatic rings. The van der Waals surface area contributed by atoms with Crippen molar-refractivity contribution in [2.24, 2.45) is 23.7 Å². The number of hydrogen-bond acceptors (Lipinski definition) is 3. The first-order chi connectivity index (χ1) is 15.2.